The van der Waals surface area contributed by atoms with Gasteiger partial charge in [-0.3, -0.25) is 5.84 Å². The fraction of sp³-hybridized carbons (Fsp3) is 0. The molecule has 0 aliphatic rings. The number of hydrogen-bond acceptors (Lipinski definition) is 3. The van der Waals surface area contributed by atoms with Gasteiger partial charge in [0.25, 0.3) is 0 Å². The van der Waals surface area contributed by atoms with E-state index in [9.17, 15) is 0 Å². The third-order valence-corrected chi connectivity index (χ3v) is 1.44. The van der Waals surface area contributed by atoms with Gasteiger partial charge in [0, 0.05) is 6.07 Å². The van der Waals surface area contributed by atoms with Crippen LogP contribution in [0.25, 0.3) is 0 Å². The van der Waals surface area contributed by atoms with Crippen LogP contribution in [0, 0.1) is 0 Å². The van der Waals surface area contributed by atoms with Crippen molar-refractivity contribution in [3.63, 3.8) is 0 Å². The summed E-state index contributed by atoms with van der Waals surface area (Å²) in [6.07, 6.45) is 0. The van der Waals surface area contributed by atoms with Crippen molar-refractivity contribution in [1.82, 2.24) is 0 Å². The Balaban J connectivity index is 3.09. The first-order valence-electron chi connectivity index (χ1n) is 2.69. The molecule has 0 saturated carbocycles. The van der Waals surface area contributed by atoms with Gasteiger partial charge >= 0.3 is 0 Å². The number of nitrogen functional groups attached to an aromatic ring is 1. The topological polar surface area (TPSA) is 58.3 Å². The van der Waals surface area contributed by atoms with Crippen LogP contribution in [0.15, 0.2) is 18.2 Å². The van der Waals surface area contributed by atoms with E-state index in [2.05, 4.69) is 5.43 Å². The van der Waals surface area contributed by atoms with Crippen molar-refractivity contribution in [2.45, 2.75) is 0 Å². The van der Waals surface area contributed by atoms with Crippen LogP contribution in [-0.4, -0.2) is 5.11 Å². The summed E-state index contributed by atoms with van der Waals surface area (Å²) >= 11 is 5.64. The van der Waals surface area contributed by atoms with Gasteiger partial charge in [-0.15, -0.1) is 0 Å². The minimum Gasteiger partial charge on any atom is -0.508 e. The minimum atomic E-state index is 0.136. The van der Waals surface area contributed by atoms with E-state index in [-0.39, 0.29) is 5.75 Å². The van der Waals surface area contributed by atoms with Gasteiger partial charge in [0.15, 0.2) is 0 Å². The molecule has 0 fully saturated rings. The molecule has 54 valence electrons. The lowest BCUT2D eigenvalue weighted by Crippen LogP contribution is -2.06. The molecular formula is C6H7ClN2O. The second-order valence-electron chi connectivity index (χ2n) is 1.81. The number of anilines is 1. The number of benzene rings is 1. The quantitative estimate of drug-likeness (QED) is 0.427. The van der Waals surface area contributed by atoms with Crippen LogP contribution < -0.4 is 11.3 Å². The molecule has 0 bridgehead atoms. The van der Waals surface area contributed by atoms with E-state index >= 15 is 0 Å². The summed E-state index contributed by atoms with van der Waals surface area (Å²) in [5.74, 6) is 5.21. The number of rotatable bonds is 1. The molecule has 3 nitrogen and oxygen atoms in total. The zero-order valence-electron chi connectivity index (χ0n) is 5.13. The molecule has 4 N–H and O–H groups in total. The summed E-state index contributed by atoms with van der Waals surface area (Å²) in [6, 6.07) is 4.50. The second kappa shape index (κ2) is 2.77. The molecule has 0 radical (unpaired) electrons. The van der Waals surface area contributed by atoms with Gasteiger partial charge in [0.1, 0.15) is 5.75 Å². The summed E-state index contributed by atoms with van der Waals surface area (Å²) in [6.45, 7) is 0. The SMILES string of the molecule is NNc1cc(O)ccc1Cl. The van der Waals surface area contributed by atoms with E-state index in [0.29, 0.717) is 10.7 Å². The number of nitrogens with two attached hydrogens (primary N) is 1. The zero-order valence-corrected chi connectivity index (χ0v) is 5.89. The highest BCUT2D eigenvalue weighted by molar-refractivity contribution is 6.33. The molecule has 0 atom stereocenters. The Morgan fingerprint density at radius 1 is 1.50 bits per heavy atom. The molecule has 0 saturated heterocycles. The Bertz CT molecular complexity index is 239. The standard InChI is InChI=1S/C6H7ClN2O/c7-5-2-1-4(10)3-6(5)9-8/h1-3,9-10H,8H2. The van der Waals surface area contributed by atoms with Crippen LogP contribution in [0.1, 0.15) is 0 Å². The third-order valence-electron chi connectivity index (χ3n) is 1.11. The molecule has 0 unspecified atom stereocenters. The maximum absolute atomic E-state index is 8.91. The van der Waals surface area contributed by atoms with E-state index in [0.717, 1.165) is 0 Å². The summed E-state index contributed by atoms with van der Waals surface area (Å²) in [5.41, 5.74) is 2.86. The number of phenols is 1. The molecule has 1 aromatic carbocycles. The molecule has 4 heteroatoms. The summed E-state index contributed by atoms with van der Waals surface area (Å²) in [5, 5.41) is 9.40. The monoisotopic (exact) mass is 158 g/mol. The zero-order chi connectivity index (χ0) is 7.56. The molecule has 0 amide bonds. The van der Waals surface area contributed by atoms with Gasteiger partial charge in [-0.2, -0.15) is 0 Å². The number of hydrogen-bond donors (Lipinski definition) is 3. The lowest BCUT2D eigenvalue weighted by atomic mass is 10.3. The minimum absolute atomic E-state index is 0.136. The van der Waals surface area contributed by atoms with Crippen LogP contribution in [0.3, 0.4) is 0 Å². The van der Waals surface area contributed by atoms with Crippen LogP contribution in [0.4, 0.5) is 5.69 Å². The van der Waals surface area contributed by atoms with Crippen molar-refractivity contribution in [1.29, 1.82) is 0 Å². The molecule has 0 aliphatic carbocycles. The Kier molecular flexibility index (Phi) is 1.99. The van der Waals surface area contributed by atoms with E-state index in [1.165, 1.54) is 12.1 Å². The Labute approximate surface area is 63.4 Å². The number of nitrogens with one attached hydrogen (secondary N) is 1. The summed E-state index contributed by atoms with van der Waals surface area (Å²) in [4.78, 5) is 0. The Morgan fingerprint density at radius 3 is 2.70 bits per heavy atom. The predicted octanol–water partition coefficient (Wildman–Crippen LogP) is 1.33. The number of halogens is 1. The number of phenolic OH excluding ortho intramolecular Hbond substituents is 1. The van der Waals surface area contributed by atoms with Gasteiger partial charge in [-0.05, 0) is 12.1 Å². The van der Waals surface area contributed by atoms with Crippen molar-refractivity contribution >= 4 is 17.3 Å². The molecule has 0 aliphatic heterocycles. The first kappa shape index (κ1) is 7.18. The molecule has 1 aromatic rings. The van der Waals surface area contributed by atoms with Gasteiger partial charge in [-0.25, -0.2) is 0 Å². The van der Waals surface area contributed by atoms with Crippen LogP contribution >= 0.6 is 11.6 Å². The highest BCUT2D eigenvalue weighted by Crippen LogP contribution is 2.24. The fourth-order valence-corrected chi connectivity index (χ4v) is 0.796. The number of hydrazine groups is 1. The summed E-state index contributed by atoms with van der Waals surface area (Å²) < 4.78 is 0. The second-order valence-corrected chi connectivity index (χ2v) is 2.22. The molecule has 0 spiro atoms. The third kappa shape index (κ3) is 1.32. The van der Waals surface area contributed by atoms with Gasteiger partial charge in [0.2, 0.25) is 0 Å². The van der Waals surface area contributed by atoms with E-state index in [1.807, 2.05) is 0 Å². The average Bonchev–Trinajstić information content (AvgIpc) is 1.94. The maximum Gasteiger partial charge on any atom is 0.117 e. The molecule has 10 heavy (non-hydrogen) atoms. The fourth-order valence-electron chi connectivity index (χ4n) is 0.624. The highest BCUT2D eigenvalue weighted by atomic mass is 35.5. The van der Waals surface area contributed by atoms with E-state index in [1.54, 1.807) is 6.07 Å². The van der Waals surface area contributed by atoms with Crippen molar-refractivity contribution in [3.05, 3.63) is 23.2 Å². The molecule has 0 heterocycles. The van der Waals surface area contributed by atoms with Crippen LogP contribution in [0.2, 0.25) is 5.02 Å². The maximum atomic E-state index is 8.91. The van der Waals surface area contributed by atoms with Crippen LogP contribution in [0.5, 0.6) is 5.75 Å². The van der Waals surface area contributed by atoms with Crippen LogP contribution in [-0.2, 0) is 0 Å². The normalized spacial score (nSPS) is 9.40. The largest absolute Gasteiger partial charge is 0.508 e. The molecule has 0 aromatic heterocycles. The van der Waals surface area contributed by atoms with Crippen molar-refractivity contribution < 1.29 is 5.11 Å². The first-order valence-corrected chi connectivity index (χ1v) is 3.07. The van der Waals surface area contributed by atoms with Crippen molar-refractivity contribution in [3.8, 4) is 5.75 Å². The molecular weight excluding hydrogens is 152 g/mol. The first-order chi connectivity index (χ1) is 4.74. The Hall–Kier alpha value is -0.930. The van der Waals surface area contributed by atoms with Crippen molar-refractivity contribution in [2.24, 2.45) is 5.84 Å². The molecule has 1 rings (SSSR count). The average molecular weight is 159 g/mol. The lowest BCUT2D eigenvalue weighted by Gasteiger charge is -2.01. The number of aromatic hydroxyl groups is 1. The summed E-state index contributed by atoms with van der Waals surface area (Å²) in [7, 11) is 0. The smallest absolute Gasteiger partial charge is 0.117 e. The predicted molar refractivity (Wildman–Crippen MR) is 40.9 cm³/mol. The Morgan fingerprint density at radius 2 is 2.20 bits per heavy atom. The lowest BCUT2D eigenvalue weighted by molar-refractivity contribution is 0.475. The van der Waals surface area contributed by atoms with E-state index in [4.69, 9.17) is 22.6 Å². The van der Waals surface area contributed by atoms with Gasteiger partial charge in [0.05, 0.1) is 10.7 Å². The van der Waals surface area contributed by atoms with E-state index < -0.39 is 0 Å². The van der Waals surface area contributed by atoms with Crippen molar-refractivity contribution in [2.75, 3.05) is 5.43 Å². The van der Waals surface area contributed by atoms with Gasteiger partial charge in [-0.1, -0.05) is 11.6 Å². The highest BCUT2D eigenvalue weighted by Gasteiger charge is 1.97. The van der Waals surface area contributed by atoms with Gasteiger partial charge < -0.3 is 10.5 Å².